The summed E-state index contributed by atoms with van der Waals surface area (Å²) >= 11 is 5.24. The van der Waals surface area contributed by atoms with Gasteiger partial charge in [-0.2, -0.15) is 5.10 Å². The summed E-state index contributed by atoms with van der Waals surface area (Å²) in [4.78, 5) is 4.50. The highest BCUT2D eigenvalue weighted by atomic mass is 79.9. The van der Waals surface area contributed by atoms with Crippen LogP contribution in [0.2, 0.25) is 0 Å². The van der Waals surface area contributed by atoms with Crippen LogP contribution in [0.3, 0.4) is 0 Å². The van der Waals surface area contributed by atoms with E-state index in [0.717, 1.165) is 39.5 Å². The lowest BCUT2D eigenvalue weighted by Gasteiger charge is -2.14. The maximum Gasteiger partial charge on any atom is 0.0898 e. The van der Waals surface area contributed by atoms with Crippen LogP contribution in [-0.4, -0.2) is 14.8 Å². The molecular formula is C12H18BrN5S. The molecule has 1 atom stereocenters. The first-order valence-electron chi connectivity index (χ1n) is 6.16. The summed E-state index contributed by atoms with van der Waals surface area (Å²) in [5.41, 5.74) is 5.98. The Morgan fingerprint density at radius 2 is 2.26 bits per heavy atom. The van der Waals surface area contributed by atoms with Crippen LogP contribution in [-0.2, 0) is 13.0 Å². The van der Waals surface area contributed by atoms with Gasteiger partial charge in [-0.3, -0.25) is 16.0 Å². The predicted octanol–water partition coefficient (Wildman–Crippen LogP) is 2.49. The van der Waals surface area contributed by atoms with Crippen LogP contribution in [0.1, 0.15) is 35.1 Å². The van der Waals surface area contributed by atoms with Crippen molar-refractivity contribution in [3.8, 4) is 0 Å². The summed E-state index contributed by atoms with van der Waals surface area (Å²) in [5, 5.41) is 7.60. The van der Waals surface area contributed by atoms with E-state index in [9.17, 15) is 0 Å². The van der Waals surface area contributed by atoms with Gasteiger partial charge in [-0.1, -0.05) is 0 Å². The van der Waals surface area contributed by atoms with Crippen molar-refractivity contribution in [3.63, 3.8) is 0 Å². The van der Waals surface area contributed by atoms with E-state index in [4.69, 9.17) is 5.84 Å². The second kappa shape index (κ2) is 6.13. The molecule has 0 fully saturated rings. The number of hydrogen-bond acceptors (Lipinski definition) is 5. The topological polar surface area (TPSA) is 68.8 Å². The van der Waals surface area contributed by atoms with Crippen LogP contribution < -0.4 is 11.3 Å². The molecule has 0 aliphatic rings. The van der Waals surface area contributed by atoms with E-state index >= 15 is 0 Å². The Hall–Kier alpha value is -0.760. The van der Waals surface area contributed by atoms with Crippen molar-refractivity contribution in [3.05, 3.63) is 31.9 Å². The highest BCUT2D eigenvalue weighted by molar-refractivity contribution is 9.10. The third kappa shape index (κ3) is 3.05. The van der Waals surface area contributed by atoms with E-state index in [1.54, 1.807) is 11.3 Å². The summed E-state index contributed by atoms with van der Waals surface area (Å²) in [7, 11) is 0. The van der Waals surface area contributed by atoms with Gasteiger partial charge in [-0.25, -0.2) is 4.98 Å². The first-order valence-corrected chi connectivity index (χ1v) is 7.84. The van der Waals surface area contributed by atoms with Gasteiger partial charge in [0, 0.05) is 18.3 Å². The molecule has 0 bridgehead atoms. The van der Waals surface area contributed by atoms with E-state index in [2.05, 4.69) is 38.4 Å². The summed E-state index contributed by atoms with van der Waals surface area (Å²) in [6.07, 6.45) is 0.759. The Bertz CT molecular complexity index is 562. The van der Waals surface area contributed by atoms with Gasteiger partial charge in [-0.15, -0.1) is 11.3 Å². The van der Waals surface area contributed by atoms with Gasteiger partial charge in [0.05, 0.1) is 32.6 Å². The van der Waals surface area contributed by atoms with Crippen LogP contribution in [0.15, 0.2) is 9.85 Å². The van der Waals surface area contributed by atoms with Gasteiger partial charge in [0.2, 0.25) is 0 Å². The zero-order valence-corrected chi connectivity index (χ0v) is 13.7. The number of aryl methyl sites for hydroxylation is 3. The molecule has 0 saturated heterocycles. The lowest BCUT2D eigenvalue weighted by atomic mass is 10.1. The van der Waals surface area contributed by atoms with Crippen molar-refractivity contribution in [1.29, 1.82) is 0 Å². The van der Waals surface area contributed by atoms with Crippen LogP contribution in [0.5, 0.6) is 0 Å². The fourth-order valence-corrected chi connectivity index (χ4v) is 3.16. The molecule has 0 amide bonds. The monoisotopic (exact) mass is 343 g/mol. The second-order valence-corrected chi connectivity index (χ2v) is 6.23. The average Bonchev–Trinajstić information content (AvgIpc) is 2.93. The van der Waals surface area contributed by atoms with E-state index in [1.807, 2.05) is 23.9 Å². The van der Waals surface area contributed by atoms with Crippen molar-refractivity contribution < 1.29 is 0 Å². The SMILES string of the molecule is CCn1nc(C)c(Br)c1CC(NN)c1csc(C)n1. The van der Waals surface area contributed by atoms with Gasteiger partial charge >= 0.3 is 0 Å². The summed E-state index contributed by atoms with van der Waals surface area (Å²) in [5.74, 6) is 5.68. The molecule has 3 N–H and O–H groups in total. The number of thiazole rings is 1. The predicted molar refractivity (Wildman–Crippen MR) is 81.0 cm³/mol. The van der Waals surface area contributed by atoms with Gasteiger partial charge in [0.15, 0.2) is 0 Å². The lowest BCUT2D eigenvalue weighted by molar-refractivity contribution is 0.507. The van der Waals surface area contributed by atoms with Gasteiger partial charge in [-0.05, 0) is 36.7 Å². The fourth-order valence-electron chi connectivity index (χ4n) is 2.05. The number of hydrogen-bond donors (Lipinski definition) is 2. The number of nitrogens with two attached hydrogens (primary N) is 1. The molecule has 7 heteroatoms. The molecule has 2 aromatic heterocycles. The van der Waals surface area contributed by atoms with Crippen molar-refractivity contribution in [1.82, 2.24) is 20.2 Å². The maximum absolute atomic E-state index is 5.68. The third-order valence-corrected chi connectivity index (χ3v) is 4.87. The largest absolute Gasteiger partial charge is 0.271 e. The Morgan fingerprint density at radius 3 is 2.79 bits per heavy atom. The molecule has 2 heterocycles. The lowest BCUT2D eigenvalue weighted by Crippen LogP contribution is -2.30. The molecular weight excluding hydrogens is 326 g/mol. The molecule has 0 spiro atoms. The highest BCUT2D eigenvalue weighted by Gasteiger charge is 2.19. The molecule has 5 nitrogen and oxygen atoms in total. The van der Waals surface area contributed by atoms with Crippen LogP contribution in [0.4, 0.5) is 0 Å². The normalized spacial score (nSPS) is 12.9. The van der Waals surface area contributed by atoms with Gasteiger partial charge in [0.1, 0.15) is 0 Å². The van der Waals surface area contributed by atoms with E-state index in [0.29, 0.717) is 0 Å². The number of nitrogens with zero attached hydrogens (tertiary/aromatic N) is 3. The minimum atomic E-state index is 0.00245. The quantitative estimate of drug-likeness (QED) is 0.646. The highest BCUT2D eigenvalue weighted by Crippen LogP contribution is 2.26. The number of hydrazine groups is 1. The van der Waals surface area contributed by atoms with E-state index in [-0.39, 0.29) is 6.04 Å². The Balaban J connectivity index is 2.28. The van der Waals surface area contributed by atoms with Crippen molar-refractivity contribution >= 4 is 27.3 Å². The van der Waals surface area contributed by atoms with Crippen LogP contribution in [0, 0.1) is 13.8 Å². The van der Waals surface area contributed by atoms with Crippen molar-refractivity contribution in [2.24, 2.45) is 5.84 Å². The van der Waals surface area contributed by atoms with Crippen LogP contribution in [0.25, 0.3) is 0 Å². The Kier molecular flexibility index (Phi) is 4.72. The first-order chi connectivity index (χ1) is 9.06. The number of nitrogens with one attached hydrogen (secondary N) is 1. The number of halogens is 1. The smallest absolute Gasteiger partial charge is 0.0898 e. The third-order valence-electron chi connectivity index (χ3n) is 3.05. The zero-order valence-electron chi connectivity index (χ0n) is 11.3. The summed E-state index contributed by atoms with van der Waals surface area (Å²) in [6, 6.07) is 0.00245. The van der Waals surface area contributed by atoms with E-state index in [1.165, 1.54) is 0 Å². The summed E-state index contributed by atoms with van der Waals surface area (Å²) < 4.78 is 3.06. The molecule has 19 heavy (non-hydrogen) atoms. The number of aromatic nitrogens is 3. The van der Waals surface area contributed by atoms with E-state index < -0.39 is 0 Å². The minimum Gasteiger partial charge on any atom is -0.271 e. The summed E-state index contributed by atoms with van der Waals surface area (Å²) in [6.45, 7) is 6.92. The molecule has 2 aromatic rings. The van der Waals surface area contributed by atoms with Gasteiger partial charge in [0.25, 0.3) is 0 Å². The molecule has 2 rings (SSSR count). The van der Waals surface area contributed by atoms with Crippen molar-refractivity contribution in [2.75, 3.05) is 0 Å². The fraction of sp³-hybridized carbons (Fsp3) is 0.500. The standard InChI is InChI=1S/C12H18BrN5S/c1-4-18-11(12(13)7(2)17-18)5-9(16-14)10-6-19-8(3)15-10/h6,9,16H,4-5,14H2,1-3H3. The van der Waals surface area contributed by atoms with Crippen LogP contribution >= 0.6 is 27.3 Å². The second-order valence-electron chi connectivity index (χ2n) is 4.38. The molecule has 0 aliphatic heterocycles. The average molecular weight is 344 g/mol. The molecule has 104 valence electrons. The van der Waals surface area contributed by atoms with Gasteiger partial charge < -0.3 is 0 Å². The van der Waals surface area contributed by atoms with Crippen molar-refractivity contribution in [2.45, 2.75) is 39.8 Å². The molecule has 0 saturated carbocycles. The Morgan fingerprint density at radius 1 is 1.53 bits per heavy atom. The maximum atomic E-state index is 5.68. The molecule has 0 aliphatic carbocycles. The Labute approximate surface area is 125 Å². The molecule has 0 radical (unpaired) electrons. The molecule has 0 aromatic carbocycles. The first kappa shape index (κ1) is 14.6. The number of rotatable bonds is 5. The molecule has 1 unspecified atom stereocenters. The zero-order chi connectivity index (χ0) is 14.0. The minimum absolute atomic E-state index is 0.00245.